The van der Waals surface area contributed by atoms with Crippen molar-refractivity contribution in [3.8, 4) is 11.5 Å². The summed E-state index contributed by atoms with van der Waals surface area (Å²) < 4.78 is 16.7. The van der Waals surface area contributed by atoms with Crippen LogP contribution in [0.4, 0.5) is 0 Å². The summed E-state index contributed by atoms with van der Waals surface area (Å²) in [5, 5.41) is 10.9. The van der Waals surface area contributed by atoms with Crippen molar-refractivity contribution in [2.24, 2.45) is 0 Å². The number of rotatable bonds is 5. The van der Waals surface area contributed by atoms with Crippen LogP contribution in [0.2, 0.25) is 5.02 Å². The zero-order valence-corrected chi connectivity index (χ0v) is 15.1. The predicted octanol–water partition coefficient (Wildman–Crippen LogP) is 2.86. The summed E-state index contributed by atoms with van der Waals surface area (Å²) in [6.07, 6.45) is 1.96. The van der Waals surface area contributed by atoms with Crippen molar-refractivity contribution in [3.63, 3.8) is 0 Å². The summed E-state index contributed by atoms with van der Waals surface area (Å²) in [6, 6.07) is 4.33. The van der Waals surface area contributed by atoms with Crippen molar-refractivity contribution < 1.29 is 19.3 Å². The van der Waals surface area contributed by atoms with Crippen LogP contribution in [-0.2, 0) is 11.3 Å². The summed E-state index contributed by atoms with van der Waals surface area (Å²) in [7, 11) is 0. The predicted molar refractivity (Wildman–Crippen MR) is 93.0 cm³/mol. The molecule has 1 aromatic carbocycles. The third-order valence-electron chi connectivity index (χ3n) is 4.34. The standard InChI is InChI=1S/C18H26ClNO4/c1-18(2,21)12-20(14-3-5-22-6-4-14)11-13-9-15(19)17-16(10-13)23-7-8-24-17/h9-10,14,21H,3-8,11-12H2,1-2H3. The summed E-state index contributed by atoms with van der Waals surface area (Å²) in [5.74, 6) is 1.34. The Bertz CT molecular complexity index is 567. The Labute approximate surface area is 148 Å². The van der Waals surface area contributed by atoms with Crippen LogP contribution in [0.15, 0.2) is 12.1 Å². The lowest BCUT2D eigenvalue weighted by molar-refractivity contribution is -0.0168. The van der Waals surface area contributed by atoms with E-state index in [9.17, 15) is 5.11 Å². The van der Waals surface area contributed by atoms with Gasteiger partial charge in [0, 0.05) is 32.3 Å². The lowest BCUT2D eigenvalue weighted by Gasteiger charge is -2.37. The molecule has 2 aliphatic rings. The van der Waals surface area contributed by atoms with E-state index in [2.05, 4.69) is 4.90 Å². The first-order valence-corrected chi connectivity index (χ1v) is 8.92. The van der Waals surface area contributed by atoms with Crippen molar-refractivity contribution >= 4 is 11.6 Å². The average molecular weight is 356 g/mol. The van der Waals surface area contributed by atoms with Crippen molar-refractivity contribution in [2.45, 2.75) is 44.9 Å². The molecule has 6 heteroatoms. The molecule has 0 amide bonds. The maximum absolute atomic E-state index is 10.3. The summed E-state index contributed by atoms with van der Waals surface area (Å²) in [4.78, 5) is 2.32. The fourth-order valence-electron chi connectivity index (χ4n) is 3.35. The van der Waals surface area contributed by atoms with E-state index >= 15 is 0 Å². The minimum atomic E-state index is -0.754. The SMILES string of the molecule is CC(C)(O)CN(Cc1cc(Cl)c2c(c1)OCCO2)C1CCOCC1. The van der Waals surface area contributed by atoms with E-state index in [1.807, 2.05) is 26.0 Å². The fourth-order valence-corrected chi connectivity index (χ4v) is 3.64. The summed E-state index contributed by atoms with van der Waals surface area (Å²) in [6.45, 7) is 7.61. The van der Waals surface area contributed by atoms with Crippen LogP contribution in [0, 0.1) is 0 Å². The molecule has 1 aromatic rings. The molecule has 2 aliphatic heterocycles. The van der Waals surface area contributed by atoms with Crippen LogP contribution in [-0.4, -0.2) is 54.6 Å². The van der Waals surface area contributed by atoms with E-state index in [-0.39, 0.29) is 0 Å². The van der Waals surface area contributed by atoms with E-state index in [0.29, 0.717) is 48.9 Å². The molecule has 2 heterocycles. The smallest absolute Gasteiger partial charge is 0.179 e. The zero-order chi connectivity index (χ0) is 17.2. The third kappa shape index (κ3) is 4.54. The number of hydrogen-bond acceptors (Lipinski definition) is 5. The van der Waals surface area contributed by atoms with Crippen LogP contribution < -0.4 is 9.47 Å². The Morgan fingerprint density at radius 1 is 1.17 bits per heavy atom. The normalized spacial score (nSPS) is 18.9. The van der Waals surface area contributed by atoms with Gasteiger partial charge in [0.15, 0.2) is 11.5 Å². The zero-order valence-electron chi connectivity index (χ0n) is 14.4. The number of hydrogen-bond donors (Lipinski definition) is 1. The molecule has 0 spiro atoms. The van der Waals surface area contributed by atoms with E-state index in [1.165, 1.54) is 0 Å². The topological polar surface area (TPSA) is 51.2 Å². The Kier molecular flexibility index (Phi) is 5.55. The van der Waals surface area contributed by atoms with E-state index in [0.717, 1.165) is 31.6 Å². The van der Waals surface area contributed by atoms with E-state index in [1.54, 1.807) is 0 Å². The van der Waals surface area contributed by atoms with E-state index < -0.39 is 5.60 Å². The fraction of sp³-hybridized carbons (Fsp3) is 0.667. The van der Waals surface area contributed by atoms with Gasteiger partial charge in [-0.1, -0.05) is 11.6 Å². The number of ether oxygens (including phenoxy) is 3. The molecule has 0 unspecified atom stereocenters. The monoisotopic (exact) mass is 355 g/mol. The van der Waals surface area contributed by atoms with Crippen LogP contribution in [0.25, 0.3) is 0 Å². The molecule has 0 aromatic heterocycles. The highest BCUT2D eigenvalue weighted by atomic mass is 35.5. The van der Waals surface area contributed by atoms with E-state index in [4.69, 9.17) is 25.8 Å². The van der Waals surface area contributed by atoms with Crippen molar-refractivity contribution in [2.75, 3.05) is 33.0 Å². The van der Waals surface area contributed by atoms with Gasteiger partial charge in [-0.05, 0) is 44.4 Å². The minimum Gasteiger partial charge on any atom is -0.486 e. The van der Waals surface area contributed by atoms with Gasteiger partial charge in [0.05, 0.1) is 10.6 Å². The van der Waals surface area contributed by atoms with Crippen LogP contribution in [0.5, 0.6) is 11.5 Å². The van der Waals surface area contributed by atoms with Crippen LogP contribution in [0.3, 0.4) is 0 Å². The van der Waals surface area contributed by atoms with Gasteiger partial charge in [0.25, 0.3) is 0 Å². The first-order chi connectivity index (χ1) is 11.4. The Balaban J connectivity index is 1.79. The van der Waals surface area contributed by atoms with Gasteiger partial charge >= 0.3 is 0 Å². The molecule has 0 aliphatic carbocycles. The summed E-state index contributed by atoms with van der Waals surface area (Å²) in [5.41, 5.74) is 0.315. The number of benzene rings is 1. The molecule has 24 heavy (non-hydrogen) atoms. The Hall–Kier alpha value is -1.01. The van der Waals surface area contributed by atoms with Gasteiger partial charge in [0.1, 0.15) is 13.2 Å². The number of halogens is 1. The summed E-state index contributed by atoms with van der Waals surface area (Å²) >= 11 is 6.36. The second kappa shape index (κ2) is 7.48. The highest BCUT2D eigenvalue weighted by Crippen LogP contribution is 2.38. The molecule has 0 saturated carbocycles. The average Bonchev–Trinajstić information content (AvgIpc) is 2.54. The van der Waals surface area contributed by atoms with Gasteiger partial charge in [0.2, 0.25) is 0 Å². The Morgan fingerprint density at radius 3 is 2.58 bits per heavy atom. The van der Waals surface area contributed by atoms with Crippen molar-refractivity contribution in [3.05, 3.63) is 22.7 Å². The first-order valence-electron chi connectivity index (χ1n) is 8.54. The number of fused-ring (bicyclic) bond motifs is 1. The highest BCUT2D eigenvalue weighted by molar-refractivity contribution is 6.32. The van der Waals surface area contributed by atoms with Gasteiger partial charge in [-0.3, -0.25) is 4.90 Å². The second-order valence-corrected chi connectivity index (χ2v) is 7.57. The number of aliphatic hydroxyl groups is 1. The molecule has 0 bridgehead atoms. The highest BCUT2D eigenvalue weighted by Gasteiger charge is 2.27. The van der Waals surface area contributed by atoms with Gasteiger partial charge in [-0.2, -0.15) is 0 Å². The van der Waals surface area contributed by atoms with Crippen LogP contribution in [0.1, 0.15) is 32.3 Å². The van der Waals surface area contributed by atoms with Gasteiger partial charge in [-0.25, -0.2) is 0 Å². The molecule has 1 fully saturated rings. The molecular weight excluding hydrogens is 330 g/mol. The molecule has 0 atom stereocenters. The van der Waals surface area contributed by atoms with Gasteiger partial charge in [-0.15, -0.1) is 0 Å². The molecule has 1 N–H and O–H groups in total. The lowest BCUT2D eigenvalue weighted by Crippen LogP contribution is -2.46. The molecule has 1 saturated heterocycles. The molecule has 134 valence electrons. The lowest BCUT2D eigenvalue weighted by atomic mass is 10.0. The Morgan fingerprint density at radius 2 is 1.88 bits per heavy atom. The number of nitrogens with zero attached hydrogens (tertiary/aromatic N) is 1. The largest absolute Gasteiger partial charge is 0.486 e. The van der Waals surface area contributed by atoms with Crippen LogP contribution >= 0.6 is 11.6 Å². The maximum atomic E-state index is 10.3. The maximum Gasteiger partial charge on any atom is 0.179 e. The van der Waals surface area contributed by atoms with Crippen molar-refractivity contribution in [1.29, 1.82) is 0 Å². The van der Waals surface area contributed by atoms with Crippen molar-refractivity contribution in [1.82, 2.24) is 4.90 Å². The first kappa shape index (κ1) is 17.8. The molecule has 0 radical (unpaired) electrons. The second-order valence-electron chi connectivity index (χ2n) is 7.16. The minimum absolute atomic E-state index is 0.400. The molecule has 3 rings (SSSR count). The van der Waals surface area contributed by atoms with Gasteiger partial charge < -0.3 is 19.3 Å². The molecular formula is C18H26ClNO4. The quantitative estimate of drug-likeness (QED) is 0.880. The third-order valence-corrected chi connectivity index (χ3v) is 4.62. The molecule has 5 nitrogen and oxygen atoms in total.